The van der Waals surface area contributed by atoms with Crippen LogP contribution in [-0.4, -0.2) is 53.1 Å². The van der Waals surface area contributed by atoms with Gasteiger partial charge in [0.25, 0.3) is 0 Å². The van der Waals surface area contributed by atoms with E-state index in [2.05, 4.69) is 11.1 Å². The molecule has 3 N–H and O–H groups in total. The number of likely N-dealkylation sites (tertiary alicyclic amines) is 1. The fraction of sp³-hybridized carbons (Fsp3) is 0.579. The quantitative estimate of drug-likeness (QED) is 0.894. The van der Waals surface area contributed by atoms with Crippen molar-refractivity contribution in [2.75, 3.05) is 26.3 Å². The van der Waals surface area contributed by atoms with Crippen LogP contribution in [0.3, 0.4) is 0 Å². The van der Waals surface area contributed by atoms with E-state index in [1.54, 1.807) is 0 Å². The van der Waals surface area contributed by atoms with Crippen molar-refractivity contribution in [3.8, 4) is 0 Å². The molecule has 1 aromatic heterocycles. The van der Waals surface area contributed by atoms with Crippen LogP contribution in [0.25, 0.3) is 11.0 Å². The van der Waals surface area contributed by atoms with Crippen LogP contribution >= 0.6 is 0 Å². The van der Waals surface area contributed by atoms with Crippen molar-refractivity contribution < 1.29 is 9.53 Å². The van der Waals surface area contributed by atoms with Crippen molar-refractivity contribution in [2.45, 2.75) is 37.6 Å². The van der Waals surface area contributed by atoms with Gasteiger partial charge in [0.05, 0.1) is 17.1 Å². The Labute approximate surface area is 147 Å². The van der Waals surface area contributed by atoms with E-state index in [0.29, 0.717) is 5.92 Å². The van der Waals surface area contributed by atoms with Crippen LogP contribution in [0, 0.1) is 5.92 Å². The summed E-state index contributed by atoms with van der Waals surface area (Å²) in [4.78, 5) is 22.8. The molecule has 2 aliphatic heterocycles. The third-order valence-electron chi connectivity index (χ3n) is 5.66. The number of imidazole rings is 1. The second-order valence-electron chi connectivity index (χ2n) is 7.21. The maximum absolute atomic E-state index is 12.7. The van der Waals surface area contributed by atoms with Gasteiger partial charge in [0.2, 0.25) is 5.91 Å². The molecule has 25 heavy (non-hydrogen) atoms. The lowest BCUT2D eigenvalue weighted by Gasteiger charge is -2.35. The number of nitrogens with one attached hydrogen (secondary N) is 1. The number of carbonyl (C=O) groups excluding carboxylic acids is 1. The van der Waals surface area contributed by atoms with Gasteiger partial charge in [-0.2, -0.15) is 0 Å². The van der Waals surface area contributed by atoms with Gasteiger partial charge in [-0.1, -0.05) is 12.1 Å². The van der Waals surface area contributed by atoms with Gasteiger partial charge in [0.15, 0.2) is 0 Å². The molecule has 2 aliphatic rings. The van der Waals surface area contributed by atoms with Crippen molar-refractivity contribution in [3.63, 3.8) is 0 Å². The predicted octanol–water partition coefficient (Wildman–Crippen LogP) is 2.02. The third kappa shape index (κ3) is 3.41. The number of nitrogens with zero attached hydrogens (tertiary/aromatic N) is 2. The number of nitrogens with two attached hydrogens (primary N) is 1. The number of ether oxygens (including phenoxy) is 1. The van der Waals surface area contributed by atoms with Crippen LogP contribution in [-0.2, 0) is 9.53 Å². The van der Waals surface area contributed by atoms with Crippen LogP contribution in [0.15, 0.2) is 24.3 Å². The number of hydrogen-bond acceptors (Lipinski definition) is 4. The summed E-state index contributed by atoms with van der Waals surface area (Å²) in [6.07, 6.45) is 3.66. The molecule has 2 aromatic rings. The molecule has 6 heteroatoms. The summed E-state index contributed by atoms with van der Waals surface area (Å²) in [5.74, 6) is 1.79. The topological polar surface area (TPSA) is 84.2 Å². The molecule has 1 aromatic carbocycles. The highest BCUT2D eigenvalue weighted by Crippen LogP contribution is 2.28. The standard InChI is InChI=1S/C19H26N4O2/c20-17(13-7-11-25-12-8-13)19(24)23-9-5-14(6-10-23)18-21-15-3-1-2-4-16(15)22-18/h1-4,13-14,17H,5-12,20H2,(H,21,22). The molecule has 134 valence electrons. The van der Waals surface area contributed by atoms with Gasteiger partial charge < -0.3 is 20.4 Å². The molecule has 0 saturated carbocycles. The maximum atomic E-state index is 12.7. The number of carbonyl (C=O) groups is 1. The molecule has 0 spiro atoms. The molecular formula is C19H26N4O2. The molecule has 1 atom stereocenters. The van der Waals surface area contributed by atoms with E-state index < -0.39 is 0 Å². The number of para-hydroxylation sites is 2. The van der Waals surface area contributed by atoms with Crippen LogP contribution in [0.5, 0.6) is 0 Å². The number of hydrogen-bond donors (Lipinski definition) is 2. The average Bonchev–Trinajstić information content (AvgIpc) is 3.12. The average molecular weight is 342 g/mol. The van der Waals surface area contributed by atoms with Crippen molar-refractivity contribution in [1.82, 2.24) is 14.9 Å². The zero-order valence-corrected chi connectivity index (χ0v) is 14.5. The predicted molar refractivity (Wildman–Crippen MR) is 96.2 cm³/mol. The Morgan fingerprint density at radius 2 is 1.92 bits per heavy atom. The molecule has 1 amide bonds. The second kappa shape index (κ2) is 7.14. The van der Waals surface area contributed by atoms with Gasteiger partial charge in [-0.05, 0) is 43.7 Å². The van der Waals surface area contributed by atoms with Crippen molar-refractivity contribution in [3.05, 3.63) is 30.1 Å². The number of rotatable bonds is 3. The fourth-order valence-corrected chi connectivity index (χ4v) is 4.03. The number of aromatic nitrogens is 2. The lowest BCUT2D eigenvalue weighted by Crippen LogP contribution is -2.51. The number of aromatic amines is 1. The molecule has 1 unspecified atom stereocenters. The molecule has 0 aliphatic carbocycles. The largest absolute Gasteiger partial charge is 0.381 e. The summed E-state index contributed by atoms with van der Waals surface area (Å²) in [5, 5.41) is 0. The van der Waals surface area contributed by atoms with Gasteiger partial charge >= 0.3 is 0 Å². The van der Waals surface area contributed by atoms with Crippen molar-refractivity contribution in [2.24, 2.45) is 11.7 Å². The SMILES string of the molecule is NC(C(=O)N1CCC(c2nc3ccccc3[nH]2)CC1)C1CCOCC1. The number of fused-ring (bicyclic) bond motifs is 1. The Kier molecular flexibility index (Phi) is 4.72. The summed E-state index contributed by atoms with van der Waals surface area (Å²) >= 11 is 0. The minimum atomic E-state index is -0.383. The molecule has 0 bridgehead atoms. The zero-order chi connectivity index (χ0) is 17.2. The van der Waals surface area contributed by atoms with Gasteiger partial charge in [0.1, 0.15) is 5.82 Å². The highest BCUT2D eigenvalue weighted by Gasteiger charge is 2.32. The van der Waals surface area contributed by atoms with Crippen LogP contribution in [0.2, 0.25) is 0 Å². The number of piperidine rings is 1. The molecular weight excluding hydrogens is 316 g/mol. The second-order valence-corrected chi connectivity index (χ2v) is 7.21. The van der Waals surface area contributed by atoms with E-state index in [1.807, 2.05) is 23.1 Å². The molecule has 3 heterocycles. The Morgan fingerprint density at radius 3 is 2.64 bits per heavy atom. The van der Waals surface area contributed by atoms with E-state index in [9.17, 15) is 4.79 Å². The number of amides is 1. The first-order chi connectivity index (χ1) is 12.2. The van der Waals surface area contributed by atoms with Gasteiger partial charge in [0, 0.05) is 32.2 Å². The highest BCUT2D eigenvalue weighted by molar-refractivity contribution is 5.82. The zero-order valence-electron chi connectivity index (χ0n) is 14.5. The molecule has 6 nitrogen and oxygen atoms in total. The lowest BCUT2D eigenvalue weighted by molar-refractivity contribution is -0.135. The van der Waals surface area contributed by atoms with Crippen molar-refractivity contribution in [1.29, 1.82) is 0 Å². The minimum absolute atomic E-state index is 0.106. The van der Waals surface area contributed by atoms with Crippen LogP contribution in [0.4, 0.5) is 0 Å². The monoisotopic (exact) mass is 342 g/mol. The summed E-state index contributed by atoms with van der Waals surface area (Å²) in [5.41, 5.74) is 8.35. The summed E-state index contributed by atoms with van der Waals surface area (Å²) in [7, 11) is 0. The normalized spacial score (nSPS) is 21.6. The van der Waals surface area contributed by atoms with E-state index in [4.69, 9.17) is 15.5 Å². The molecule has 0 radical (unpaired) electrons. The van der Waals surface area contributed by atoms with E-state index in [-0.39, 0.29) is 17.9 Å². The van der Waals surface area contributed by atoms with Crippen LogP contribution in [0.1, 0.15) is 37.4 Å². The van der Waals surface area contributed by atoms with E-state index in [0.717, 1.165) is 68.8 Å². The Balaban J connectivity index is 1.36. The third-order valence-corrected chi connectivity index (χ3v) is 5.66. The molecule has 2 fully saturated rings. The smallest absolute Gasteiger partial charge is 0.239 e. The van der Waals surface area contributed by atoms with E-state index >= 15 is 0 Å². The fourth-order valence-electron chi connectivity index (χ4n) is 4.03. The lowest BCUT2D eigenvalue weighted by atomic mass is 9.90. The van der Waals surface area contributed by atoms with Crippen LogP contribution < -0.4 is 5.73 Å². The minimum Gasteiger partial charge on any atom is -0.381 e. The first kappa shape index (κ1) is 16.5. The number of benzene rings is 1. The summed E-state index contributed by atoms with van der Waals surface area (Å²) in [6.45, 7) is 2.97. The van der Waals surface area contributed by atoms with E-state index in [1.165, 1.54) is 0 Å². The van der Waals surface area contributed by atoms with Gasteiger partial charge in [-0.3, -0.25) is 4.79 Å². The first-order valence-electron chi connectivity index (χ1n) is 9.29. The summed E-state index contributed by atoms with van der Waals surface area (Å²) in [6, 6.07) is 7.72. The molecule has 2 saturated heterocycles. The van der Waals surface area contributed by atoms with Gasteiger partial charge in [-0.25, -0.2) is 4.98 Å². The van der Waals surface area contributed by atoms with Crippen molar-refractivity contribution >= 4 is 16.9 Å². The number of H-pyrrole nitrogens is 1. The Bertz CT molecular complexity index is 697. The molecule has 4 rings (SSSR count). The highest BCUT2D eigenvalue weighted by atomic mass is 16.5. The first-order valence-corrected chi connectivity index (χ1v) is 9.29. The van der Waals surface area contributed by atoms with Gasteiger partial charge in [-0.15, -0.1) is 0 Å². The Hall–Kier alpha value is -1.92. The maximum Gasteiger partial charge on any atom is 0.239 e. The summed E-state index contributed by atoms with van der Waals surface area (Å²) < 4.78 is 5.37. The Morgan fingerprint density at radius 1 is 1.20 bits per heavy atom.